The second-order valence-electron chi connectivity index (χ2n) is 14.2. The lowest BCUT2D eigenvalue weighted by atomic mass is 9.88. The Labute approximate surface area is 294 Å². The molecule has 0 bridgehead atoms. The molecule has 0 rings (SSSR count). The van der Waals surface area contributed by atoms with Crippen LogP contribution in [-0.4, -0.2) is 38.5 Å². The van der Waals surface area contributed by atoms with Crippen molar-refractivity contribution in [1.29, 1.82) is 0 Å². The van der Waals surface area contributed by atoms with Crippen molar-refractivity contribution < 1.29 is 9.47 Å². The summed E-state index contributed by atoms with van der Waals surface area (Å²) in [5, 5.41) is 0. The number of unbranched alkanes of at least 4 members (excludes halogenated alkanes) is 26. The number of rotatable bonds is 39. The predicted molar refractivity (Wildman–Crippen MR) is 207 cm³/mol. The molecule has 0 atom stereocenters. The summed E-state index contributed by atoms with van der Waals surface area (Å²) in [5.74, 6) is 0. The number of hydrogen-bond acceptors (Lipinski definition) is 4. The van der Waals surface area contributed by atoms with Crippen LogP contribution in [-0.2, 0) is 9.47 Å². The SMILES string of the molecule is Br.CCCCCCCCCCCCCCCCOCCC(N)(CCCN)CCOCCCCCCCCCCCCCCCC. The molecule has 0 radical (unpaired) electrons. The van der Waals surface area contributed by atoms with Crippen LogP contribution in [0.2, 0.25) is 0 Å². The fourth-order valence-corrected chi connectivity index (χ4v) is 6.38. The van der Waals surface area contributed by atoms with Crippen molar-refractivity contribution >= 4 is 17.0 Å². The van der Waals surface area contributed by atoms with E-state index in [0.717, 1.165) is 52.1 Å². The van der Waals surface area contributed by atoms with Crippen LogP contribution in [0.25, 0.3) is 0 Å². The normalized spacial score (nSPS) is 11.7. The number of hydrogen-bond donors (Lipinski definition) is 2. The third-order valence-electron chi connectivity index (χ3n) is 9.65. The highest BCUT2D eigenvalue weighted by atomic mass is 79.9. The van der Waals surface area contributed by atoms with Crippen molar-refractivity contribution in [1.82, 2.24) is 0 Å². The fourth-order valence-electron chi connectivity index (χ4n) is 6.38. The molecular weight excluding hydrogens is 620 g/mol. The summed E-state index contributed by atoms with van der Waals surface area (Å²) in [6, 6.07) is 0. The van der Waals surface area contributed by atoms with Gasteiger partial charge in [0.2, 0.25) is 0 Å². The Morgan fingerprint density at radius 3 is 0.889 bits per heavy atom. The predicted octanol–water partition coefficient (Wildman–Crippen LogP) is 12.8. The summed E-state index contributed by atoms with van der Waals surface area (Å²) >= 11 is 0. The molecule has 0 aliphatic rings. The van der Waals surface area contributed by atoms with Gasteiger partial charge in [0, 0.05) is 32.0 Å². The second-order valence-corrected chi connectivity index (χ2v) is 14.2. The van der Waals surface area contributed by atoms with Gasteiger partial charge in [0.15, 0.2) is 0 Å². The first-order valence-electron chi connectivity index (χ1n) is 20.3. The minimum atomic E-state index is -0.204. The van der Waals surface area contributed by atoms with Crippen LogP contribution in [0.5, 0.6) is 0 Å². The number of ether oxygens (including phenoxy) is 2. The standard InChI is InChI=1S/C40H84N2O2.BrH/c1-3-5-7-9-11-13-15-17-19-21-23-25-27-29-36-43-38-33-40(42,32-31-35-41)34-39-44-37-30-28-26-24-22-20-18-16-14-12-10-8-6-4-2;/h3-39,41-42H2,1-2H3;1H. The second kappa shape index (κ2) is 40.5. The molecule has 0 amide bonds. The van der Waals surface area contributed by atoms with Crippen molar-refractivity contribution in [3.8, 4) is 0 Å². The van der Waals surface area contributed by atoms with Crippen molar-refractivity contribution in [2.24, 2.45) is 11.5 Å². The lowest BCUT2D eigenvalue weighted by molar-refractivity contribution is 0.0813. The third-order valence-corrected chi connectivity index (χ3v) is 9.65. The third kappa shape index (κ3) is 38.6. The molecule has 4 nitrogen and oxygen atoms in total. The van der Waals surface area contributed by atoms with Crippen molar-refractivity contribution in [2.45, 2.75) is 225 Å². The highest BCUT2D eigenvalue weighted by molar-refractivity contribution is 8.93. The van der Waals surface area contributed by atoms with E-state index < -0.39 is 0 Å². The molecule has 5 heteroatoms. The van der Waals surface area contributed by atoms with Gasteiger partial charge in [-0.15, -0.1) is 17.0 Å². The zero-order chi connectivity index (χ0) is 32.1. The van der Waals surface area contributed by atoms with Crippen LogP contribution in [0.4, 0.5) is 0 Å². The minimum Gasteiger partial charge on any atom is -0.381 e. The highest BCUT2D eigenvalue weighted by Crippen LogP contribution is 2.20. The quantitative estimate of drug-likeness (QED) is 0.0625. The average molecular weight is 706 g/mol. The Morgan fingerprint density at radius 2 is 0.622 bits per heavy atom. The molecule has 45 heavy (non-hydrogen) atoms. The number of nitrogens with two attached hydrogens (primary N) is 2. The Hall–Kier alpha value is 0.320. The fraction of sp³-hybridized carbons (Fsp3) is 1.00. The molecule has 0 aliphatic carbocycles. The maximum atomic E-state index is 6.80. The molecule has 0 saturated heterocycles. The van der Waals surface area contributed by atoms with Gasteiger partial charge in [-0.05, 0) is 45.1 Å². The van der Waals surface area contributed by atoms with Gasteiger partial charge in [-0.1, -0.05) is 181 Å². The molecule has 0 aromatic heterocycles. The van der Waals surface area contributed by atoms with Gasteiger partial charge in [0.05, 0.1) is 0 Å². The summed E-state index contributed by atoms with van der Waals surface area (Å²) in [6.45, 7) is 8.57. The van der Waals surface area contributed by atoms with E-state index in [-0.39, 0.29) is 22.5 Å². The van der Waals surface area contributed by atoms with Gasteiger partial charge < -0.3 is 20.9 Å². The first-order valence-corrected chi connectivity index (χ1v) is 20.3. The molecule has 274 valence electrons. The van der Waals surface area contributed by atoms with E-state index in [0.29, 0.717) is 6.54 Å². The Bertz CT molecular complexity index is 485. The van der Waals surface area contributed by atoms with E-state index in [2.05, 4.69) is 13.8 Å². The van der Waals surface area contributed by atoms with E-state index in [4.69, 9.17) is 20.9 Å². The van der Waals surface area contributed by atoms with Gasteiger partial charge in [-0.2, -0.15) is 0 Å². The summed E-state index contributed by atoms with van der Waals surface area (Å²) in [7, 11) is 0. The maximum Gasteiger partial charge on any atom is 0.0483 e. The number of halogens is 1. The van der Waals surface area contributed by atoms with Crippen LogP contribution < -0.4 is 11.5 Å². The Balaban J connectivity index is 0. The Morgan fingerprint density at radius 1 is 0.356 bits per heavy atom. The molecule has 0 unspecified atom stereocenters. The first-order chi connectivity index (χ1) is 21.7. The van der Waals surface area contributed by atoms with Gasteiger partial charge in [-0.25, -0.2) is 0 Å². The zero-order valence-electron chi connectivity index (χ0n) is 31.0. The Kier molecular flexibility index (Phi) is 42.7. The van der Waals surface area contributed by atoms with Crippen LogP contribution in [0.3, 0.4) is 0 Å². The van der Waals surface area contributed by atoms with Crippen molar-refractivity contribution in [3.63, 3.8) is 0 Å². The zero-order valence-corrected chi connectivity index (χ0v) is 32.8. The topological polar surface area (TPSA) is 70.5 Å². The first kappa shape index (κ1) is 47.4. The smallest absolute Gasteiger partial charge is 0.0483 e. The monoisotopic (exact) mass is 705 g/mol. The highest BCUT2D eigenvalue weighted by Gasteiger charge is 2.24. The molecular formula is C40H85BrN2O2. The van der Waals surface area contributed by atoms with E-state index in [1.54, 1.807) is 0 Å². The molecule has 0 spiro atoms. The van der Waals surface area contributed by atoms with Gasteiger partial charge >= 0.3 is 0 Å². The van der Waals surface area contributed by atoms with Crippen LogP contribution in [0, 0.1) is 0 Å². The largest absolute Gasteiger partial charge is 0.381 e. The molecule has 0 aromatic carbocycles. The van der Waals surface area contributed by atoms with Crippen LogP contribution in [0.1, 0.15) is 219 Å². The van der Waals surface area contributed by atoms with E-state index in [1.807, 2.05) is 0 Å². The summed E-state index contributed by atoms with van der Waals surface area (Å²) in [6.07, 6.45) is 42.8. The molecule has 4 N–H and O–H groups in total. The summed E-state index contributed by atoms with van der Waals surface area (Å²) < 4.78 is 12.0. The summed E-state index contributed by atoms with van der Waals surface area (Å²) in [5.41, 5.74) is 12.4. The molecule has 0 aromatic rings. The molecule has 0 fully saturated rings. The van der Waals surface area contributed by atoms with Crippen LogP contribution in [0.15, 0.2) is 0 Å². The molecule has 0 heterocycles. The van der Waals surface area contributed by atoms with Crippen LogP contribution >= 0.6 is 17.0 Å². The molecule has 0 saturated carbocycles. The van der Waals surface area contributed by atoms with E-state index >= 15 is 0 Å². The molecule has 0 aliphatic heterocycles. The van der Waals surface area contributed by atoms with Crippen molar-refractivity contribution in [3.05, 3.63) is 0 Å². The maximum absolute atomic E-state index is 6.80. The van der Waals surface area contributed by atoms with Gasteiger partial charge in [-0.3, -0.25) is 0 Å². The lowest BCUT2D eigenvalue weighted by Gasteiger charge is -2.29. The lowest BCUT2D eigenvalue weighted by Crippen LogP contribution is -2.42. The van der Waals surface area contributed by atoms with Crippen molar-refractivity contribution in [2.75, 3.05) is 33.0 Å². The minimum absolute atomic E-state index is 0. The van der Waals surface area contributed by atoms with E-state index in [1.165, 1.54) is 180 Å². The summed E-state index contributed by atoms with van der Waals surface area (Å²) in [4.78, 5) is 0. The van der Waals surface area contributed by atoms with E-state index in [9.17, 15) is 0 Å². The average Bonchev–Trinajstić information content (AvgIpc) is 3.03. The van der Waals surface area contributed by atoms with Gasteiger partial charge in [0.1, 0.15) is 0 Å². The van der Waals surface area contributed by atoms with Gasteiger partial charge in [0.25, 0.3) is 0 Å².